The maximum atomic E-state index is 13.6. The van der Waals surface area contributed by atoms with E-state index >= 15 is 0 Å². The van der Waals surface area contributed by atoms with Gasteiger partial charge in [-0.3, -0.25) is 9.59 Å². The first-order valence-electron chi connectivity index (χ1n) is 13.1. The van der Waals surface area contributed by atoms with Crippen LogP contribution in [0, 0.1) is 6.92 Å². The lowest BCUT2D eigenvalue weighted by atomic mass is 9.95. The predicted molar refractivity (Wildman–Crippen MR) is 155 cm³/mol. The van der Waals surface area contributed by atoms with E-state index in [1.165, 1.54) is 5.56 Å². The summed E-state index contributed by atoms with van der Waals surface area (Å²) in [6.45, 7) is 2.72. The predicted octanol–water partition coefficient (Wildman–Crippen LogP) is 6.96. The van der Waals surface area contributed by atoms with Crippen molar-refractivity contribution in [2.24, 2.45) is 0 Å². The first kappa shape index (κ1) is 25.4. The lowest BCUT2D eigenvalue weighted by Crippen LogP contribution is -2.31. The van der Waals surface area contributed by atoms with E-state index in [-0.39, 0.29) is 17.9 Å². The molecule has 1 heterocycles. The van der Waals surface area contributed by atoms with Gasteiger partial charge in [-0.05, 0) is 92.5 Å². The average Bonchev–Trinajstić information content (AvgIpc) is 3.13. The molecule has 192 valence electrons. The van der Waals surface area contributed by atoms with Crippen LogP contribution in [0.4, 0.5) is 11.4 Å². The van der Waals surface area contributed by atoms with Crippen molar-refractivity contribution in [2.45, 2.75) is 25.8 Å². The van der Waals surface area contributed by atoms with Gasteiger partial charge in [0.25, 0.3) is 11.8 Å². The zero-order chi connectivity index (χ0) is 26.6. The molecule has 4 aromatic rings. The van der Waals surface area contributed by atoms with Gasteiger partial charge in [-0.1, -0.05) is 60.7 Å². The number of aryl methyl sites for hydroxylation is 1. The SMILES string of the molecule is Cc1ccccc1-c1ccccc1C(=O)Nc1ccc(C(=O)N2CCCC(N(C)C)c3ccccc32)cc1. The van der Waals surface area contributed by atoms with Crippen LogP contribution in [0.2, 0.25) is 0 Å². The maximum absolute atomic E-state index is 13.6. The highest BCUT2D eigenvalue weighted by Gasteiger charge is 2.28. The molecule has 1 N–H and O–H groups in total. The van der Waals surface area contributed by atoms with Gasteiger partial charge in [0.1, 0.15) is 0 Å². The number of fused-ring (bicyclic) bond motifs is 1. The fourth-order valence-electron chi connectivity index (χ4n) is 5.32. The highest BCUT2D eigenvalue weighted by atomic mass is 16.2. The minimum atomic E-state index is -0.181. The number of rotatable bonds is 5. The molecule has 4 aromatic carbocycles. The van der Waals surface area contributed by atoms with E-state index in [0.717, 1.165) is 35.2 Å². The van der Waals surface area contributed by atoms with Gasteiger partial charge < -0.3 is 15.1 Å². The Bertz CT molecular complexity index is 1460. The van der Waals surface area contributed by atoms with Crippen LogP contribution in [0.5, 0.6) is 0 Å². The molecule has 0 spiro atoms. The summed E-state index contributed by atoms with van der Waals surface area (Å²) in [5.41, 5.74) is 7.05. The van der Waals surface area contributed by atoms with Crippen LogP contribution in [-0.2, 0) is 0 Å². The van der Waals surface area contributed by atoms with Crippen LogP contribution in [0.3, 0.4) is 0 Å². The number of para-hydroxylation sites is 1. The van der Waals surface area contributed by atoms with E-state index in [4.69, 9.17) is 0 Å². The number of nitrogens with zero attached hydrogens (tertiary/aromatic N) is 2. The number of amides is 2. The largest absolute Gasteiger partial charge is 0.322 e. The van der Waals surface area contributed by atoms with Gasteiger partial charge in [-0.25, -0.2) is 0 Å². The summed E-state index contributed by atoms with van der Waals surface area (Å²) in [4.78, 5) is 31.0. The Labute approximate surface area is 224 Å². The molecular formula is C33H33N3O2. The molecule has 0 saturated heterocycles. The second-order valence-corrected chi connectivity index (χ2v) is 10.0. The molecular weight excluding hydrogens is 470 g/mol. The van der Waals surface area contributed by atoms with Crippen LogP contribution in [0.15, 0.2) is 97.1 Å². The zero-order valence-corrected chi connectivity index (χ0v) is 22.1. The Morgan fingerprint density at radius 3 is 2.21 bits per heavy atom. The van der Waals surface area contributed by atoms with Crippen molar-refractivity contribution in [1.82, 2.24) is 4.90 Å². The highest BCUT2D eigenvalue weighted by Crippen LogP contribution is 2.36. The van der Waals surface area contributed by atoms with E-state index in [9.17, 15) is 9.59 Å². The standard InChI is InChI=1S/C33H33N3O2/c1-23-11-4-5-12-26(23)27-13-6-7-14-28(27)32(37)34-25-20-18-24(19-21-25)33(38)36-22-10-17-30(35(2)3)29-15-8-9-16-31(29)36/h4-9,11-16,18-21,30H,10,17,22H2,1-3H3,(H,34,37). The van der Waals surface area contributed by atoms with E-state index in [0.29, 0.717) is 23.4 Å². The van der Waals surface area contributed by atoms with Crippen LogP contribution in [0.25, 0.3) is 11.1 Å². The molecule has 0 bridgehead atoms. The highest BCUT2D eigenvalue weighted by molar-refractivity contribution is 6.10. The van der Waals surface area contributed by atoms with Crippen LogP contribution in [0.1, 0.15) is 50.7 Å². The summed E-state index contributed by atoms with van der Waals surface area (Å²) < 4.78 is 0. The summed E-state index contributed by atoms with van der Waals surface area (Å²) in [5, 5.41) is 3.01. The lowest BCUT2D eigenvalue weighted by Gasteiger charge is -2.27. The van der Waals surface area contributed by atoms with Crippen molar-refractivity contribution in [3.05, 3.63) is 119 Å². The van der Waals surface area contributed by atoms with Gasteiger partial charge in [0.2, 0.25) is 0 Å². The van der Waals surface area contributed by atoms with Crippen LogP contribution >= 0.6 is 0 Å². The van der Waals surface area contributed by atoms with Gasteiger partial charge in [0.05, 0.1) is 0 Å². The third-order valence-corrected chi connectivity index (χ3v) is 7.31. The number of benzene rings is 4. The first-order valence-corrected chi connectivity index (χ1v) is 13.1. The Morgan fingerprint density at radius 2 is 1.47 bits per heavy atom. The summed E-state index contributed by atoms with van der Waals surface area (Å²) in [6.07, 6.45) is 1.93. The average molecular weight is 504 g/mol. The molecule has 5 rings (SSSR count). The summed E-state index contributed by atoms with van der Waals surface area (Å²) in [7, 11) is 4.18. The van der Waals surface area contributed by atoms with Gasteiger partial charge in [0.15, 0.2) is 0 Å². The molecule has 0 saturated carbocycles. The second kappa shape index (κ2) is 11.0. The van der Waals surface area contributed by atoms with Crippen LogP contribution in [-0.4, -0.2) is 37.4 Å². The molecule has 5 nitrogen and oxygen atoms in total. The molecule has 2 amide bonds. The molecule has 1 atom stereocenters. The minimum absolute atomic E-state index is 0.0281. The van der Waals surface area contributed by atoms with E-state index in [1.54, 1.807) is 24.3 Å². The minimum Gasteiger partial charge on any atom is -0.322 e. The van der Waals surface area contributed by atoms with Gasteiger partial charge >= 0.3 is 0 Å². The smallest absolute Gasteiger partial charge is 0.258 e. The molecule has 1 unspecified atom stereocenters. The molecule has 38 heavy (non-hydrogen) atoms. The normalized spacial score (nSPS) is 15.1. The zero-order valence-electron chi connectivity index (χ0n) is 22.1. The number of carbonyl (C=O) groups is 2. The molecule has 5 heteroatoms. The van der Waals surface area contributed by atoms with E-state index < -0.39 is 0 Å². The second-order valence-electron chi connectivity index (χ2n) is 10.0. The molecule has 1 aliphatic rings. The Kier molecular flexibility index (Phi) is 7.38. The molecule has 0 aliphatic carbocycles. The summed E-state index contributed by atoms with van der Waals surface area (Å²) in [6, 6.07) is 31.3. The number of anilines is 2. The monoisotopic (exact) mass is 503 g/mol. The third-order valence-electron chi connectivity index (χ3n) is 7.31. The quantitative estimate of drug-likeness (QED) is 0.320. The van der Waals surface area contributed by atoms with Crippen molar-refractivity contribution in [3.63, 3.8) is 0 Å². The van der Waals surface area contributed by atoms with Crippen molar-refractivity contribution in [2.75, 3.05) is 30.9 Å². The van der Waals surface area contributed by atoms with Crippen LogP contribution < -0.4 is 10.2 Å². The number of hydrogen-bond donors (Lipinski definition) is 1. The Morgan fingerprint density at radius 1 is 0.816 bits per heavy atom. The lowest BCUT2D eigenvalue weighted by molar-refractivity contribution is 0.0985. The summed E-state index contributed by atoms with van der Waals surface area (Å²) >= 11 is 0. The molecule has 1 aliphatic heterocycles. The van der Waals surface area contributed by atoms with Gasteiger partial charge in [0, 0.05) is 35.1 Å². The fraction of sp³-hybridized carbons (Fsp3) is 0.212. The number of carbonyl (C=O) groups excluding carboxylic acids is 2. The molecule has 0 radical (unpaired) electrons. The summed E-state index contributed by atoms with van der Waals surface area (Å²) in [5.74, 6) is -0.210. The van der Waals surface area contributed by atoms with Crippen molar-refractivity contribution < 1.29 is 9.59 Å². The molecule has 0 aromatic heterocycles. The third kappa shape index (κ3) is 5.11. The van der Waals surface area contributed by atoms with Gasteiger partial charge in [-0.2, -0.15) is 0 Å². The Balaban J connectivity index is 1.36. The first-order chi connectivity index (χ1) is 18.4. The number of nitrogens with one attached hydrogen (secondary N) is 1. The van der Waals surface area contributed by atoms with E-state index in [2.05, 4.69) is 30.4 Å². The van der Waals surface area contributed by atoms with Crippen molar-refractivity contribution in [3.8, 4) is 11.1 Å². The maximum Gasteiger partial charge on any atom is 0.258 e. The molecule has 0 fully saturated rings. The number of hydrogen-bond acceptors (Lipinski definition) is 3. The Hall–Kier alpha value is -4.22. The fourth-order valence-corrected chi connectivity index (χ4v) is 5.32. The van der Waals surface area contributed by atoms with Crippen molar-refractivity contribution in [1.29, 1.82) is 0 Å². The van der Waals surface area contributed by atoms with Gasteiger partial charge in [-0.15, -0.1) is 0 Å². The van der Waals surface area contributed by atoms with E-state index in [1.807, 2.05) is 78.6 Å². The topological polar surface area (TPSA) is 52.7 Å². The van der Waals surface area contributed by atoms with Crippen molar-refractivity contribution >= 4 is 23.2 Å².